The Kier molecular flexibility index (Phi) is 7.21. The van der Waals surface area contributed by atoms with Gasteiger partial charge in [-0.25, -0.2) is 0 Å². The molecule has 1 unspecified atom stereocenters. The molecule has 5 heteroatoms. The van der Waals surface area contributed by atoms with Gasteiger partial charge < -0.3 is 15.8 Å². The topological polar surface area (TPSA) is 64.3 Å². The van der Waals surface area contributed by atoms with Gasteiger partial charge in [0.15, 0.2) is 0 Å². The summed E-state index contributed by atoms with van der Waals surface area (Å²) in [6.45, 7) is 0. The molecular weight excluding hydrogens is 348 g/mol. The van der Waals surface area contributed by atoms with Gasteiger partial charge >= 0.3 is 0 Å². The highest BCUT2D eigenvalue weighted by Gasteiger charge is 2.14. The number of amides is 1. The van der Waals surface area contributed by atoms with Crippen LogP contribution in [0.2, 0.25) is 0 Å². The minimum Gasteiger partial charge on any atom is -0.457 e. The molecule has 0 spiro atoms. The number of carbonyl (C=O) groups excluding carboxylic acids is 1. The lowest BCUT2D eigenvalue weighted by molar-refractivity contribution is -0.117. The van der Waals surface area contributed by atoms with Crippen molar-refractivity contribution in [2.75, 3.05) is 5.32 Å². The van der Waals surface area contributed by atoms with E-state index in [1.54, 1.807) is 0 Å². The molecule has 0 aliphatic heterocycles. The van der Waals surface area contributed by atoms with Crippen molar-refractivity contribution in [3.8, 4) is 11.5 Å². The van der Waals surface area contributed by atoms with Crippen LogP contribution in [-0.2, 0) is 11.2 Å². The Morgan fingerprint density at radius 2 is 1.50 bits per heavy atom. The van der Waals surface area contributed by atoms with E-state index in [4.69, 9.17) is 10.5 Å². The van der Waals surface area contributed by atoms with E-state index in [9.17, 15) is 4.79 Å². The first-order valence-corrected chi connectivity index (χ1v) is 8.14. The molecule has 3 aromatic carbocycles. The van der Waals surface area contributed by atoms with Crippen LogP contribution in [0.3, 0.4) is 0 Å². The number of halogens is 1. The fraction of sp³-hybridized carbons (Fsp3) is 0.0952. The maximum Gasteiger partial charge on any atom is 0.241 e. The predicted molar refractivity (Wildman–Crippen MR) is 107 cm³/mol. The molecule has 0 radical (unpaired) electrons. The van der Waals surface area contributed by atoms with E-state index in [0.29, 0.717) is 6.42 Å². The molecule has 0 aliphatic rings. The van der Waals surface area contributed by atoms with Gasteiger partial charge in [0.1, 0.15) is 11.5 Å². The van der Waals surface area contributed by atoms with Gasteiger partial charge in [-0.1, -0.05) is 48.5 Å². The lowest BCUT2D eigenvalue weighted by atomic mass is 10.1. The van der Waals surface area contributed by atoms with E-state index in [2.05, 4.69) is 5.32 Å². The van der Waals surface area contributed by atoms with Gasteiger partial charge in [0.2, 0.25) is 5.91 Å². The number of hydrogen-bond acceptors (Lipinski definition) is 3. The Morgan fingerprint density at radius 3 is 2.19 bits per heavy atom. The van der Waals surface area contributed by atoms with E-state index in [1.807, 2.05) is 84.9 Å². The summed E-state index contributed by atoms with van der Waals surface area (Å²) in [6, 6.07) is 25.9. The summed E-state index contributed by atoms with van der Waals surface area (Å²) in [6.07, 6.45) is 0.435. The maximum absolute atomic E-state index is 12.2. The quantitative estimate of drug-likeness (QED) is 0.677. The smallest absolute Gasteiger partial charge is 0.241 e. The summed E-state index contributed by atoms with van der Waals surface area (Å²) >= 11 is 0. The summed E-state index contributed by atoms with van der Waals surface area (Å²) in [5, 5.41) is 2.82. The maximum atomic E-state index is 12.2. The molecule has 0 bridgehead atoms. The molecule has 0 aromatic heterocycles. The second kappa shape index (κ2) is 9.61. The van der Waals surface area contributed by atoms with Crippen molar-refractivity contribution < 1.29 is 9.53 Å². The zero-order valence-corrected chi connectivity index (χ0v) is 15.0. The van der Waals surface area contributed by atoms with Crippen molar-refractivity contribution in [1.29, 1.82) is 0 Å². The zero-order valence-electron chi connectivity index (χ0n) is 14.2. The molecule has 4 nitrogen and oxygen atoms in total. The summed E-state index contributed by atoms with van der Waals surface area (Å²) in [7, 11) is 0. The summed E-state index contributed by atoms with van der Waals surface area (Å²) in [5.74, 6) is 1.28. The lowest BCUT2D eigenvalue weighted by Crippen LogP contribution is -2.37. The lowest BCUT2D eigenvalue weighted by Gasteiger charge is -2.13. The summed E-state index contributed by atoms with van der Waals surface area (Å²) in [5.41, 5.74) is 7.74. The summed E-state index contributed by atoms with van der Waals surface area (Å²) < 4.78 is 5.82. The Bertz CT molecular complexity index is 826. The van der Waals surface area contributed by atoms with Crippen LogP contribution in [0.4, 0.5) is 5.69 Å². The highest BCUT2D eigenvalue weighted by molar-refractivity contribution is 5.94. The molecule has 0 aliphatic carbocycles. The van der Waals surface area contributed by atoms with Gasteiger partial charge in [0, 0.05) is 5.69 Å². The standard InChI is InChI=1S/C21H20N2O2.ClH/c22-20(21(24)23-17-9-3-1-4-10-17)15-16-8-7-13-19(14-16)25-18-11-5-2-6-12-18;/h1-14,20H,15,22H2,(H,23,24);1H. The number of anilines is 1. The molecule has 1 amide bonds. The van der Waals surface area contributed by atoms with Crippen molar-refractivity contribution in [3.63, 3.8) is 0 Å². The van der Waals surface area contributed by atoms with Crippen LogP contribution in [0.25, 0.3) is 0 Å². The molecule has 1 atom stereocenters. The third-order valence-corrected chi connectivity index (χ3v) is 3.71. The second-order valence-electron chi connectivity index (χ2n) is 5.73. The molecule has 0 saturated carbocycles. The van der Waals surface area contributed by atoms with Crippen LogP contribution in [0.1, 0.15) is 5.56 Å². The zero-order chi connectivity index (χ0) is 17.5. The fourth-order valence-corrected chi connectivity index (χ4v) is 2.46. The molecule has 0 heterocycles. The molecule has 3 aromatic rings. The van der Waals surface area contributed by atoms with Crippen LogP contribution in [0.5, 0.6) is 11.5 Å². The molecule has 3 rings (SSSR count). The Hall–Kier alpha value is -2.82. The van der Waals surface area contributed by atoms with Gasteiger partial charge in [-0.2, -0.15) is 0 Å². The minimum atomic E-state index is -0.632. The van der Waals surface area contributed by atoms with Gasteiger partial charge in [-0.05, 0) is 48.4 Å². The molecule has 134 valence electrons. The molecule has 0 saturated heterocycles. The number of carbonyl (C=O) groups is 1. The van der Waals surface area contributed by atoms with Gasteiger partial charge in [-0.3, -0.25) is 4.79 Å². The van der Waals surface area contributed by atoms with Crippen LogP contribution in [-0.4, -0.2) is 11.9 Å². The fourth-order valence-electron chi connectivity index (χ4n) is 2.46. The normalized spacial score (nSPS) is 11.1. The molecule has 3 N–H and O–H groups in total. The number of rotatable bonds is 6. The van der Waals surface area contributed by atoms with E-state index >= 15 is 0 Å². The highest BCUT2D eigenvalue weighted by atomic mass is 35.5. The van der Waals surface area contributed by atoms with Crippen LogP contribution >= 0.6 is 12.4 Å². The van der Waals surface area contributed by atoms with Gasteiger partial charge in [0.25, 0.3) is 0 Å². The second-order valence-corrected chi connectivity index (χ2v) is 5.73. The first kappa shape index (κ1) is 19.5. The van der Waals surface area contributed by atoms with Crippen LogP contribution < -0.4 is 15.8 Å². The van der Waals surface area contributed by atoms with Crippen LogP contribution in [0.15, 0.2) is 84.9 Å². The average Bonchev–Trinajstić information content (AvgIpc) is 2.63. The van der Waals surface area contributed by atoms with E-state index in [1.165, 1.54) is 0 Å². The number of ether oxygens (including phenoxy) is 1. The van der Waals surface area contributed by atoms with E-state index in [0.717, 1.165) is 22.7 Å². The largest absolute Gasteiger partial charge is 0.457 e. The minimum absolute atomic E-state index is 0. The third kappa shape index (κ3) is 5.62. The Balaban J connectivity index is 0.00000243. The highest BCUT2D eigenvalue weighted by Crippen LogP contribution is 2.22. The molecular formula is C21H21ClN2O2. The number of hydrogen-bond donors (Lipinski definition) is 2. The van der Waals surface area contributed by atoms with Crippen molar-refractivity contribution in [3.05, 3.63) is 90.5 Å². The molecule has 26 heavy (non-hydrogen) atoms. The van der Waals surface area contributed by atoms with Crippen molar-refractivity contribution in [1.82, 2.24) is 0 Å². The average molecular weight is 369 g/mol. The number of benzene rings is 3. The van der Waals surface area contributed by atoms with Gasteiger partial charge in [0.05, 0.1) is 6.04 Å². The first-order valence-electron chi connectivity index (χ1n) is 8.14. The molecule has 0 fully saturated rings. The number of nitrogens with two attached hydrogens (primary N) is 1. The predicted octanol–water partition coefficient (Wildman–Crippen LogP) is 4.41. The Labute approximate surface area is 159 Å². The number of para-hydroxylation sites is 2. The van der Waals surface area contributed by atoms with E-state index < -0.39 is 6.04 Å². The van der Waals surface area contributed by atoms with Crippen molar-refractivity contribution in [2.24, 2.45) is 5.73 Å². The van der Waals surface area contributed by atoms with Crippen molar-refractivity contribution in [2.45, 2.75) is 12.5 Å². The first-order chi connectivity index (χ1) is 12.2. The third-order valence-electron chi connectivity index (χ3n) is 3.71. The van der Waals surface area contributed by atoms with E-state index in [-0.39, 0.29) is 18.3 Å². The van der Waals surface area contributed by atoms with Crippen LogP contribution in [0, 0.1) is 0 Å². The summed E-state index contributed by atoms with van der Waals surface area (Å²) in [4.78, 5) is 12.2. The van der Waals surface area contributed by atoms with Crippen molar-refractivity contribution >= 4 is 24.0 Å². The SMILES string of the molecule is Cl.NC(Cc1cccc(Oc2ccccc2)c1)C(=O)Nc1ccccc1. The Morgan fingerprint density at radius 1 is 0.885 bits per heavy atom. The number of nitrogens with one attached hydrogen (secondary N) is 1. The monoisotopic (exact) mass is 368 g/mol. The van der Waals surface area contributed by atoms with Gasteiger partial charge in [-0.15, -0.1) is 12.4 Å².